The van der Waals surface area contributed by atoms with Crippen molar-refractivity contribution in [2.45, 2.75) is 13.5 Å². The van der Waals surface area contributed by atoms with Crippen LogP contribution in [0.5, 0.6) is 0 Å². The first kappa shape index (κ1) is 14.7. The predicted octanol–water partition coefficient (Wildman–Crippen LogP) is -0.675. The summed E-state index contributed by atoms with van der Waals surface area (Å²) in [5.41, 5.74) is 0.0748. The summed E-state index contributed by atoms with van der Waals surface area (Å²) >= 11 is 0. The molecule has 1 aromatic rings. The van der Waals surface area contributed by atoms with E-state index in [0.717, 1.165) is 32.8 Å². The molecule has 1 amide bonds. The summed E-state index contributed by atoms with van der Waals surface area (Å²) in [5.74, 6) is -0.250. The Morgan fingerprint density at radius 3 is 2.85 bits per heavy atom. The fourth-order valence-electron chi connectivity index (χ4n) is 2.04. The van der Waals surface area contributed by atoms with Crippen LogP contribution in [0.2, 0.25) is 0 Å². The van der Waals surface area contributed by atoms with Gasteiger partial charge in [0.1, 0.15) is 5.69 Å². The number of carbonyl (C=O) groups excluding carboxylic acids is 1. The molecule has 0 bridgehead atoms. The quantitative estimate of drug-likeness (QED) is 0.774. The van der Waals surface area contributed by atoms with Gasteiger partial charge in [-0.25, -0.2) is 4.68 Å². The SMILES string of the molecule is CCn1nc(C(=O)NCCN2CCOCC2)ccc1=O. The minimum atomic E-state index is -0.250. The molecule has 2 rings (SSSR count). The third-order valence-corrected chi connectivity index (χ3v) is 3.22. The number of morpholine rings is 1. The zero-order valence-corrected chi connectivity index (χ0v) is 11.7. The van der Waals surface area contributed by atoms with Gasteiger partial charge in [-0.2, -0.15) is 5.10 Å². The molecule has 0 atom stereocenters. The maximum Gasteiger partial charge on any atom is 0.271 e. The van der Waals surface area contributed by atoms with Crippen molar-refractivity contribution in [1.29, 1.82) is 0 Å². The highest BCUT2D eigenvalue weighted by Gasteiger charge is 2.12. The topological polar surface area (TPSA) is 76.5 Å². The van der Waals surface area contributed by atoms with E-state index in [2.05, 4.69) is 15.3 Å². The summed E-state index contributed by atoms with van der Waals surface area (Å²) in [6, 6.07) is 2.83. The predicted molar refractivity (Wildman–Crippen MR) is 73.8 cm³/mol. The van der Waals surface area contributed by atoms with Crippen LogP contribution >= 0.6 is 0 Å². The highest BCUT2D eigenvalue weighted by Crippen LogP contribution is 1.95. The fourth-order valence-corrected chi connectivity index (χ4v) is 2.04. The molecule has 0 aliphatic carbocycles. The molecule has 110 valence electrons. The van der Waals surface area contributed by atoms with Crippen molar-refractivity contribution in [3.05, 3.63) is 28.2 Å². The molecular weight excluding hydrogens is 260 g/mol. The third-order valence-electron chi connectivity index (χ3n) is 3.22. The molecule has 0 aromatic carbocycles. The number of nitrogens with one attached hydrogen (secondary N) is 1. The van der Waals surface area contributed by atoms with Gasteiger partial charge in [0.05, 0.1) is 13.2 Å². The van der Waals surface area contributed by atoms with E-state index in [-0.39, 0.29) is 17.2 Å². The molecule has 1 aliphatic rings. The van der Waals surface area contributed by atoms with E-state index in [1.54, 1.807) is 0 Å². The molecule has 2 heterocycles. The van der Waals surface area contributed by atoms with Crippen LogP contribution in [0.3, 0.4) is 0 Å². The Bertz CT molecular complexity index is 509. The fraction of sp³-hybridized carbons (Fsp3) is 0.615. The number of nitrogens with zero attached hydrogens (tertiary/aromatic N) is 3. The summed E-state index contributed by atoms with van der Waals surface area (Å²) in [7, 11) is 0. The van der Waals surface area contributed by atoms with Crippen molar-refractivity contribution >= 4 is 5.91 Å². The van der Waals surface area contributed by atoms with Gasteiger partial charge in [-0.05, 0) is 13.0 Å². The number of amides is 1. The largest absolute Gasteiger partial charge is 0.379 e. The molecule has 7 nitrogen and oxygen atoms in total. The van der Waals surface area contributed by atoms with Crippen LogP contribution in [0.4, 0.5) is 0 Å². The Hall–Kier alpha value is -1.73. The number of carbonyl (C=O) groups is 1. The zero-order chi connectivity index (χ0) is 14.4. The van der Waals surface area contributed by atoms with Crippen LogP contribution in [0.1, 0.15) is 17.4 Å². The van der Waals surface area contributed by atoms with Gasteiger partial charge < -0.3 is 10.1 Å². The molecule has 0 radical (unpaired) electrons. The third kappa shape index (κ3) is 3.88. The summed E-state index contributed by atoms with van der Waals surface area (Å²) in [6.07, 6.45) is 0. The van der Waals surface area contributed by atoms with Crippen molar-refractivity contribution in [3.63, 3.8) is 0 Å². The van der Waals surface area contributed by atoms with Crippen LogP contribution in [0, 0.1) is 0 Å². The van der Waals surface area contributed by atoms with E-state index in [4.69, 9.17) is 4.74 Å². The Kier molecular flexibility index (Phi) is 5.25. The van der Waals surface area contributed by atoms with Crippen molar-refractivity contribution in [2.24, 2.45) is 0 Å². The minimum Gasteiger partial charge on any atom is -0.379 e. The Balaban J connectivity index is 1.83. The summed E-state index contributed by atoms with van der Waals surface area (Å²) < 4.78 is 6.54. The molecule has 1 N–H and O–H groups in total. The highest BCUT2D eigenvalue weighted by atomic mass is 16.5. The standard InChI is InChI=1S/C13H20N4O3/c1-2-17-12(18)4-3-11(15-17)13(19)14-5-6-16-7-9-20-10-8-16/h3-4H,2,5-10H2,1H3,(H,14,19). The second-order valence-corrected chi connectivity index (χ2v) is 4.58. The summed E-state index contributed by atoms with van der Waals surface area (Å²) in [4.78, 5) is 25.6. The molecule has 1 saturated heterocycles. The molecule has 1 fully saturated rings. The Morgan fingerprint density at radius 2 is 2.15 bits per heavy atom. The molecule has 0 unspecified atom stereocenters. The number of ether oxygens (including phenoxy) is 1. The number of aryl methyl sites for hydroxylation is 1. The monoisotopic (exact) mass is 280 g/mol. The number of hydrogen-bond acceptors (Lipinski definition) is 5. The van der Waals surface area contributed by atoms with Crippen LogP contribution in [-0.4, -0.2) is 60.0 Å². The number of aromatic nitrogens is 2. The average molecular weight is 280 g/mol. The van der Waals surface area contributed by atoms with Crippen molar-refractivity contribution in [2.75, 3.05) is 39.4 Å². The normalized spacial score (nSPS) is 16.1. The lowest BCUT2D eigenvalue weighted by atomic mass is 10.3. The maximum atomic E-state index is 11.9. The van der Waals surface area contributed by atoms with Crippen molar-refractivity contribution < 1.29 is 9.53 Å². The van der Waals surface area contributed by atoms with E-state index >= 15 is 0 Å². The van der Waals surface area contributed by atoms with Gasteiger partial charge >= 0.3 is 0 Å². The second-order valence-electron chi connectivity index (χ2n) is 4.58. The Morgan fingerprint density at radius 1 is 1.40 bits per heavy atom. The molecule has 7 heteroatoms. The number of hydrogen-bond donors (Lipinski definition) is 1. The lowest BCUT2D eigenvalue weighted by molar-refractivity contribution is 0.0383. The summed E-state index contributed by atoms with van der Waals surface area (Å²) in [6.45, 7) is 6.91. The van der Waals surface area contributed by atoms with Crippen molar-refractivity contribution in [1.82, 2.24) is 20.0 Å². The Labute approximate surface area is 117 Å². The molecular formula is C13H20N4O3. The smallest absolute Gasteiger partial charge is 0.271 e. The van der Waals surface area contributed by atoms with Gasteiger partial charge in [0.2, 0.25) is 0 Å². The molecule has 0 saturated carbocycles. The number of rotatable bonds is 5. The molecule has 1 aromatic heterocycles. The van der Waals surface area contributed by atoms with Crippen molar-refractivity contribution in [3.8, 4) is 0 Å². The van der Waals surface area contributed by atoms with Gasteiger partial charge in [0.25, 0.3) is 11.5 Å². The van der Waals surface area contributed by atoms with Gasteiger partial charge in [-0.15, -0.1) is 0 Å². The zero-order valence-electron chi connectivity index (χ0n) is 11.7. The second kappa shape index (κ2) is 7.16. The molecule has 20 heavy (non-hydrogen) atoms. The highest BCUT2D eigenvalue weighted by molar-refractivity contribution is 5.91. The first-order chi connectivity index (χ1) is 9.70. The van der Waals surface area contributed by atoms with Crippen LogP contribution < -0.4 is 10.9 Å². The lowest BCUT2D eigenvalue weighted by Crippen LogP contribution is -2.41. The van der Waals surface area contributed by atoms with E-state index in [0.29, 0.717) is 13.1 Å². The van der Waals surface area contributed by atoms with E-state index in [1.165, 1.54) is 16.8 Å². The first-order valence-corrected chi connectivity index (χ1v) is 6.87. The minimum absolute atomic E-state index is 0.197. The van der Waals surface area contributed by atoms with Gasteiger partial charge in [0.15, 0.2) is 0 Å². The molecule has 0 spiro atoms. The van der Waals surface area contributed by atoms with E-state index < -0.39 is 0 Å². The first-order valence-electron chi connectivity index (χ1n) is 6.87. The average Bonchev–Trinajstić information content (AvgIpc) is 2.48. The summed E-state index contributed by atoms with van der Waals surface area (Å²) in [5, 5.41) is 6.83. The van der Waals surface area contributed by atoms with Gasteiger partial charge in [-0.3, -0.25) is 14.5 Å². The maximum absolute atomic E-state index is 11.9. The van der Waals surface area contributed by atoms with E-state index in [9.17, 15) is 9.59 Å². The van der Waals surface area contributed by atoms with Crippen LogP contribution in [0.15, 0.2) is 16.9 Å². The van der Waals surface area contributed by atoms with Gasteiger partial charge in [-0.1, -0.05) is 0 Å². The van der Waals surface area contributed by atoms with E-state index in [1.807, 2.05) is 6.92 Å². The van der Waals surface area contributed by atoms with Crippen LogP contribution in [-0.2, 0) is 11.3 Å². The van der Waals surface area contributed by atoms with Gasteiger partial charge in [0, 0.05) is 38.8 Å². The van der Waals surface area contributed by atoms with Crippen LogP contribution in [0.25, 0.3) is 0 Å². The molecule has 1 aliphatic heterocycles. The lowest BCUT2D eigenvalue weighted by Gasteiger charge is -2.26.